The van der Waals surface area contributed by atoms with Gasteiger partial charge in [0.15, 0.2) is 5.78 Å². The molecule has 2 heterocycles. The summed E-state index contributed by atoms with van der Waals surface area (Å²) in [6, 6.07) is 16.8. The van der Waals surface area contributed by atoms with Crippen LogP contribution in [0.1, 0.15) is 56.5 Å². The third kappa shape index (κ3) is 4.78. The van der Waals surface area contributed by atoms with Crippen LogP contribution in [0, 0.1) is 6.92 Å². The molecule has 0 saturated heterocycles. The second kappa shape index (κ2) is 9.50. The molecule has 0 amide bonds. The Balaban J connectivity index is 1.56. The number of ketones is 1. The van der Waals surface area contributed by atoms with E-state index in [0.29, 0.717) is 32.1 Å². The maximum Gasteiger partial charge on any atom is 0.349 e. The molecule has 4 rings (SSSR count). The van der Waals surface area contributed by atoms with E-state index in [-0.39, 0.29) is 24.5 Å². The van der Waals surface area contributed by atoms with Gasteiger partial charge in [-0.25, -0.2) is 9.78 Å². The minimum atomic E-state index is -0.494. The summed E-state index contributed by atoms with van der Waals surface area (Å²) in [7, 11) is 0. The normalized spacial score (nSPS) is 11.2. The van der Waals surface area contributed by atoms with Gasteiger partial charge in [-0.2, -0.15) is 0 Å². The van der Waals surface area contributed by atoms with Gasteiger partial charge in [-0.05, 0) is 29.5 Å². The number of aromatic nitrogens is 2. The molecule has 0 N–H and O–H groups in total. The number of hydrogen-bond acceptors (Lipinski definition) is 6. The van der Waals surface area contributed by atoms with Gasteiger partial charge in [0.25, 0.3) is 5.56 Å². The number of hydrogen-bond donors (Lipinski definition) is 0. The molecule has 2 aromatic heterocycles. The van der Waals surface area contributed by atoms with Crippen LogP contribution >= 0.6 is 11.3 Å². The van der Waals surface area contributed by atoms with Crippen molar-refractivity contribution >= 4 is 33.3 Å². The lowest BCUT2D eigenvalue weighted by Gasteiger charge is -2.08. The Morgan fingerprint density at radius 3 is 2.42 bits per heavy atom. The zero-order valence-electron chi connectivity index (χ0n) is 18.7. The van der Waals surface area contributed by atoms with Gasteiger partial charge in [0.05, 0.1) is 18.3 Å². The lowest BCUT2D eigenvalue weighted by molar-refractivity contribution is 0.0477. The highest BCUT2D eigenvalue weighted by Gasteiger charge is 2.21. The fourth-order valence-corrected chi connectivity index (χ4v) is 4.59. The second-order valence-corrected chi connectivity index (χ2v) is 9.17. The Hall–Kier alpha value is -3.58. The SMILES string of the molecule is Cc1c(C(=O)OCc2ccccc2)sc2ncn(CC(=O)c3ccc(C(C)C)cc3)c(=O)c12. The summed E-state index contributed by atoms with van der Waals surface area (Å²) >= 11 is 1.13. The molecule has 6 nitrogen and oxygen atoms in total. The quantitative estimate of drug-likeness (QED) is 0.282. The van der Waals surface area contributed by atoms with E-state index in [1.165, 1.54) is 10.9 Å². The van der Waals surface area contributed by atoms with E-state index in [0.717, 1.165) is 22.5 Å². The molecule has 0 atom stereocenters. The summed E-state index contributed by atoms with van der Waals surface area (Å²) in [5.41, 5.74) is 2.74. The number of aryl methyl sites for hydroxylation is 1. The van der Waals surface area contributed by atoms with Gasteiger partial charge in [0, 0.05) is 5.56 Å². The molecule has 0 bridgehead atoms. The van der Waals surface area contributed by atoms with Crippen LogP contribution in [0.5, 0.6) is 0 Å². The fourth-order valence-electron chi connectivity index (χ4n) is 3.56. The minimum Gasteiger partial charge on any atom is -0.457 e. The minimum absolute atomic E-state index is 0.119. The highest BCUT2D eigenvalue weighted by molar-refractivity contribution is 7.20. The van der Waals surface area contributed by atoms with E-state index in [4.69, 9.17) is 4.74 Å². The highest BCUT2D eigenvalue weighted by Crippen LogP contribution is 2.27. The number of thiophene rings is 1. The number of rotatable bonds is 7. The van der Waals surface area contributed by atoms with Crippen molar-refractivity contribution in [2.24, 2.45) is 0 Å². The van der Waals surface area contributed by atoms with Crippen LogP contribution in [0.15, 0.2) is 65.7 Å². The lowest BCUT2D eigenvalue weighted by Crippen LogP contribution is -2.24. The van der Waals surface area contributed by atoms with Crippen LogP contribution in [0.25, 0.3) is 10.2 Å². The molecule has 0 aliphatic heterocycles. The number of ether oxygens (including phenoxy) is 1. The maximum absolute atomic E-state index is 13.1. The van der Waals surface area contributed by atoms with Crippen LogP contribution < -0.4 is 5.56 Å². The van der Waals surface area contributed by atoms with Crippen molar-refractivity contribution < 1.29 is 14.3 Å². The average molecular weight is 461 g/mol. The molecule has 0 spiro atoms. The first-order chi connectivity index (χ1) is 15.8. The molecule has 33 heavy (non-hydrogen) atoms. The van der Waals surface area contributed by atoms with E-state index in [9.17, 15) is 14.4 Å². The summed E-state index contributed by atoms with van der Waals surface area (Å²) in [6.07, 6.45) is 1.36. The zero-order chi connectivity index (χ0) is 23.5. The first kappa shape index (κ1) is 22.6. The second-order valence-electron chi connectivity index (χ2n) is 8.18. The Morgan fingerprint density at radius 1 is 1.06 bits per heavy atom. The summed E-state index contributed by atoms with van der Waals surface area (Å²) in [5, 5.41) is 0.345. The van der Waals surface area contributed by atoms with Gasteiger partial charge in [-0.15, -0.1) is 11.3 Å². The van der Waals surface area contributed by atoms with Crippen molar-refractivity contribution in [3.05, 3.63) is 98.4 Å². The molecular weight excluding hydrogens is 436 g/mol. The number of carbonyl (C=O) groups is 2. The topological polar surface area (TPSA) is 78.3 Å². The number of fused-ring (bicyclic) bond motifs is 1. The van der Waals surface area contributed by atoms with Crippen LogP contribution in [-0.4, -0.2) is 21.3 Å². The molecule has 7 heteroatoms. The van der Waals surface area contributed by atoms with Crippen LogP contribution in [0.2, 0.25) is 0 Å². The standard InChI is InChI=1S/C26H24N2O4S/c1-16(2)19-9-11-20(12-10-19)21(29)13-28-15-27-24-22(25(28)30)17(3)23(33-24)26(31)32-14-18-7-5-4-6-8-18/h4-12,15-16H,13-14H2,1-3H3. The fraction of sp³-hybridized carbons (Fsp3) is 0.231. The first-order valence-corrected chi connectivity index (χ1v) is 11.5. The van der Waals surface area contributed by atoms with Crippen LogP contribution in [0.4, 0.5) is 0 Å². The van der Waals surface area contributed by atoms with Crippen molar-refractivity contribution in [2.75, 3.05) is 0 Å². The van der Waals surface area contributed by atoms with E-state index in [1.54, 1.807) is 19.1 Å². The van der Waals surface area contributed by atoms with Crippen molar-refractivity contribution in [3.8, 4) is 0 Å². The number of esters is 1. The number of Topliss-reactive ketones (excluding diaryl/α,β-unsaturated/α-hetero) is 1. The summed E-state index contributed by atoms with van der Waals surface area (Å²) < 4.78 is 6.72. The Bertz CT molecular complexity index is 1370. The average Bonchev–Trinajstić information content (AvgIpc) is 3.17. The van der Waals surface area contributed by atoms with Crippen molar-refractivity contribution in [2.45, 2.75) is 39.8 Å². The van der Waals surface area contributed by atoms with Crippen molar-refractivity contribution in [3.63, 3.8) is 0 Å². The molecule has 0 radical (unpaired) electrons. The molecule has 168 valence electrons. The summed E-state index contributed by atoms with van der Waals surface area (Å²) in [4.78, 5) is 43.6. The zero-order valence-corrected chi connectivity index (χ0v) is 19.5. The molecule has 0 fully saturated rings. The summed E-state index contributed by atoms with van der Waals surface area (Å²) in [6.45, 7) is 5.91. The molecule has 0 saturated carbocycles. The van der Waals surface area contributed by atoms with E-state index in [2.05, 4.69) is 18.8 Å². The monoisotopic (exact) mass is 460 g/mol. The predicted molar refractivity (Wildman–Crippen MR) is 129 cm³/mol. The first-order valence-electron chi connectivity index (χ1n) is 10.7. The van der Waals surface area contributed by atoms with Gasteiger partial charge in [-0.1, -0.05) is 68.4 Å². The number of benzene rings is 2. The van der Waals surface area contributed by atoms with Crippen molar-refractivity contribution in [1.29, 1.82) is 0 Å². The number of carbonyl (C=O) groups excluding carboxylic acids is 2. The highest BCUT2D eigenvalue weighted by atomic mass is 32.1. The third-order valence-electron chi connectivity index (χ3n) is 5.53. The van der Waals surface area contributed by atoms with E-state index in [1.807, 2.05) is 42.5 Å². The Labute approximate surface area is 195 Å². The molecule has 2 aromatic carbocycles. The molecule has 0 aliphatic carbocycles. The molecule has 0 aliphatic rings. The third-order valence-corrected chi connectivity index (χ3v) is 6.71. The maximum atomic E-state index is 13.1. The van der Waals surface area contributed by atoms with Crippen molar-refractivity contribution in [1.82, 2.24) is 9.55 Å². The van der Waals surface area contributed by atoms with Gasteiger partial charge < -0.3 is 4.74 Å². The van der Waals surface area contributed by atoms with E-state index < -0.39 is 5.97 Å². The summed E-state index contributed by atoms with van der Waals surface area (Å²) in [5.74, 6) is -0.297. The van der Waals surface area contributed by atoms with Crippen LogP contribution in [0.3, 0.4) is 0 Å². The largest absolute Gasteiger partial charge is 0.457 e. The molecule has 4 aromatic rings. The Kier molecular flexibility index (Phi) is 6.51. The smallest absolute Gasteiger partial charge is 0.349 e. The van der Waals surface area contributed by atoms with E-state index >= 15 is 0 Å². The Morgan fingerprint density at radius 2 is 1.76 bits per heavy atom. The molecule has 0 unspecified atom stereocenters. The predicted octanol–water partition coefficient (Wildman–Crippen LogP) is 5.13. The lowest BCUT2D eigenvalue weighted by atomic mass is 10.0. The van der Waals surface area contributed by atoms with Crippen LogP contribution in [-0.2, 0) is 17.9 Å². The molecular formula is C26H24N2O4S. The van der Waals surface area contributed by atoms with Gasteiger partial charge in [-0.3, -0.25) is 14.2 Å². The number of nitrogens with zero attached hydrogens (tertiary/aromatic N) is 2. The van der Waals surface area contributed by atoms with Gasteiger partial charge >= 0.3 is 5.97 Å². The van der Waals surface area contributed by atoms with Gasteiger partial charge in [0.1, 0.15) is 16.3 Å². The van der Waals surface area contributed by atoms with Gasteiger partial charge in [0.2, 0.25) is 0 Å².